The van der Waals surface area contributed by atoms with Crippen LogP contribution in [0.4, 0.5) is 0 Å². The smallest absolute Gasteiger partial charge is 0.338 e. The van der Waals surface area contributed by atoms with E-state index >= 15 is 0 Å². The number of ether oxygens (including phenoxy) is 4. The molecule has 0 bridgehead atoms. The summed E-state index contributed by atoms with van der Waals surface area (Å²) in [6.45, 7) is 3.71. The first kappa shape index (κ1) is 24.3. The van der Waals surface area contributed by atoms with Crippen LogP contribution >= 0.6 is 11.3 Å². The van der Waals surface area contributed by atoms with Gasteiger partial charge in [-0.15, -0.1) is 0 Å². The van der Waals surface area contributed by atoms with Gasteiger partial charge < -0.3 is 18.9 Å². The largest absolute Gasteiger partial charge is 0.497 e. The molecule has 0 aliphatic carbocycles. The van der Waals surface area contributed by atoms with Crippen molar-refractivity contribution >= 4 is 23.4 Å². The van der Waals surface area contributed by atoms with Crippen LogP contribution in [0, 0.1) is 0 Å². The minimum atomic E-state index is -0.689. The van der Waals surface area contributed by atoms with Gasteiger partial charge in [0.1, 0.15) is 17.2 Å². The zero-order valence-electron chi connectivity index (χ0n) is 20.2. The number of carbonyl (C=O) groups is 1. The number of esters is 1. The van der Waals surface area contributed by atoms with Crippen LogP contribution in [0.3, 0.4) is 0 Å². The fourth-order valence-electron chi connectivity index (χ4n) is 3.99. The summed E-state index contributed by atoms with van der Waals surface area (Å²) in [7, 11) is 4.73. The van der Waals surface area contributed by atoms with Gasteiger partial charge in [-0.05, 0) is 55.8 Å². The number of benzene rings is 2. The molecule has 2 aromatic carbocycles. The molecule has 182 valence electrons. The second kappa shape index (κ2) is 10.2. The van der Waals surface area contributed by atoms with Gasteiger partial charge in [0.05, 0.1) is 49.8 Å². The molecule has 9 heteroatoms. The standard InChI is InChI=1S/C26H26N2O6S/c1-6-34-25(30)22-15(2)27-26-28(23(22)16-7-9-18(31-3)10-8-16)24(29)21(35-26)14-17-13-19(32-4)11-12-20(17)33-5/h7-14,23H,6H2,1-5H3/b21-14+/t23-/m1/s1. The summed E-state index contributed by atoms with van der Waals surface area (Å²) in [5.41, 5.74) is 2.01. The summed E-state index contributed by atoms with van der Waals surface area (Å²) in [4.78, 5) is 31.8. The molecule has 1 aliphatic heterocycles. The Labute approximate surface area is 206 Å². The normalized spacial score (nSPS) is 15.3. The molecule has 0 fully saturated rings. The van der Waals surface area contributed by atoms with E-state index in [1.54, 1.807) is 76.2 Å². The Hall–Kier alpha value is -3.85. The number of aromatic nitrogens is 1. The van der Waals surface area contributed by atoms with Crippen molar-refractivity contribution in [2.24, 2.45) is 4.99 Å². The summed E-state index contributed by atoms with van der Waals surface area (Å²) >= 11 is 1.25. The first-order chi connectivity index (χ1) is 16.9. The second-order valence-electron chi connectivity index (χ2n) is 7.68. The van der Waals surface area contributed by atoms with Crippen LogP contribution in [-0.2, 0) is 9.53 Å². The molecule has 1 aromatic heterocycles. The molecule has 0 saturated heterocycles. The number of carbonyl (C=O) groups excluding carboxylic acids is 1. The van der Waals surface area contributed by atoms with Crippen molar-refractivity contribution in [1.29, 1.82) is 0 Å². The molecule has 0 unspecified atom stereocenters. The number of thiazole rings is 1. The third kappa shape index (κ3) is 4.59. The van der Waals surface area contributed by atoms with E-state index in [0.29, 0.717) is 43.4 Å². The minimum Gasteiger partial charge on any atom is -0.497 e. The van der Waals surface area contributed by atoms with Crippen molar-refractivity contribution in [2.75, 3.05) is 27.9 Å². The Balaban J connectivity index is 1.95. The van der Waals surface area contributed by atoms with Gasteiger partial charge in [-0.25, -0.2) is 9.79 Å². The summed E-state index contributed by atoms with van der Waals surface area (Å²) in [5.74, 6) is 1.41. The lowest BCUT2D eigenvalue weighted by Crippen LogP contribution is -2.39. The predicted molar refractivity (Wildman–Crippen MR) is 133 cm³/mol. The van der Waals surface area contributed by atoms with Crippen LogP contribution in [0.1, 0.15) is 31.0 Å². The van der Waals surface area contributed by atoms with Crippen LogP contribution < -0.4 is 29.1 Å². The van der Waals surface area contributed by atoms with Crippen LogP contribution in [0.5, 0.6) is 17.2 Å². The van der Waals surface area contributed by atoms with Crippen LogP contribution in [0.15, 0.2) is 63.5 Å². The molecular weight excluding hydrogens is 468 g/mol. The highest BCUT2D eigenvalue weighted by Crippen LogP contribution is 2.31. The third-order valence-corrected chi connectivity index (χ3v) is 6.65. The predicted octanol–water partition coefficient (Wildman–Crippen LogP) is 2.82. The van der Waals surface area contributed by atoms with Crippen molar-refractivity contribution in [2.45, 2.75) is 19.9 Å². The van der Waals surface area contributed by atoms with Crippen LogP contribution in [0.2, 0.25) is 0 Å². The average Bonchev–Trinajstić information content (AvgIpc) is 3.17. The van der Waals surface area contributed by atoms with Gasteiger partial charge in [0.2, 0.25) is 0 Å². The van der Waals surface area contributed by atoms with Gasteiger partial charge >= 0.3 is 5.97 Å². The Bertz CT molecular complexity index is 1470. The molecule has 0 radical (unpaired) electrons. The Morgan fingerprint density at radius 3 is 2.37 bits per heavy atom. The Morgan fingerprint density at radius 2 is 1.74 bits per heavy atom. The molecule has 35 heavy (non-hydrogen) atoms. The number of methoxy groups -OCH3 is 3. The zero-order valence-corrected chi connectivity index (χ0v) is 21.0. The number of nitrogens with zero attached hydrogens (tertiary/aromatic N) is 2. The molecule has 2 heterocycles. The highest BCUT2D eigenvalue weighted by Gasteiger charge is 2.33. The molecule has 0 spiro atoms. The second-order valence-corrected chi connectivity index (χ2v) is 8.69. The summed E-state index contributed by atoms with van der Waals surface area (Å²) in [5, 5.41) is 0. The number of hydrogen-bond donors (Lipinski definition) is 0. The van der Waals surface area contributed by atoms with E-state index in [1.807, 2.05) is 12.1 Å². The molecule has 8 nitrogen and oxygen atoms in total. The SMILES string of the molecule is CCOC(=O)C1=C(C)N=c2s/c(=C/c3cc(OC)ccc3OC)c(=O)n2[C@@H]1c1ccc(OC)cc1. The maximum atomic E-state index is 13.7. The quantitative estimate of drug-likeness (QED) is 0.470. The van der Waals surface area contributed by atoms with Gasteiger partial charge in [0.15, 0.2) is 4.80 Å². The van der Waals surface area contributed by atoms with Crippen molar-refractivity contribution in [3.8, 4) is 17.2 Å². The zero-order chi connectivity index (χ0) is 25.1. The van der Waals surface area contributed by atoms with E-state index in [0.717, 1.165) is 5.56 Å². The van der Waals surface area contributed by atoms with Gasteiger partial charge in [-0.3, -0.25) is 9.36 Å². The lowest BCUT2D eigenvalue weighted by molar-refractivity contribution is -0.139. The Morgan fingerprint density at radius 1 is 1.06 bits per heavy atom. The van der Waals surface area contributed by atoms with E-state index in [1.165, 1.54) is 11.3 Å². The average molecular weight is 495 g/mol. The molecule has 1 aliphatic rings. The summed E-state index contributed by atoms with van der Waals surface area (Å²) < 4.78 is 23.4. The number of fused-ring (bicyclic) bond motifs is 1. The van der Waals surface area contributed by atoms with Crippen LogP contribution in [-0.4, -0.2) is 38.5 Å². The van der Waals surface area contributed by atoms with E-state index in [-0.39, 0.29) is 12.2 Å². The van der Waals surface area contributed by atoms with Gasteiger partial charge in [0, 0.05) is 5.56 Å². The summed E-state index contributed by atoms with van der Waals surface area (Å²) in [6.07, 6.45) is 1.75. The highest BCUT2D eigenvalue weighted by molar-refractivity contribution is 7.07. The van der Waals surface area contributed by atoms with Crippen molar-refractivity contribution in [1.82, 2.24) is 4.57 Å². The fraction of sp³-hybridized carbons (Fsp3) is 0.269. The topological polar surface area (TPSA) is 88.4 Å². The molecule has 1 atom stereocenters. The first-order valence-electron chi connectivity index (χ1n) is 11.0. The van der Waals surface area contributed by atoms with Crippen molar-refractivity contribution in [3.63, 3.8) is 0 Å². The highest BCUT2D eigenvalue weighted by atomic mass is 32.1. The van der Waals surface area contributed by atoms with Gasteiger partial charge in [0.25, 0.3) is 5.56 Å². The molecule has 0 amide bonds. The first-order valence-corrected chi connectivity index (χ1v) is 11.8. The maximum absolute atomic E-state index is 13.7. The third-order valence-electron chi connectivity index (χ3n) is 5.67. The number of hydrogen-bond acceptors (Lipinski definition) is 8. The van der Waals surface area contributed by atoms with Crippen LogP contribution in [0.25, 0.3) is 6.08 Å². The van der Waals surface area contributed by atoms with Gasteiger partial charge in [-0.2, -0.15) is 0 Å². The fourth-order valence-corrected chi connectivity index (χ4v) is 5.02. The monoisotopic (exact) mass is 494 g/mol. The molecule has 0 N–H and O–H groups in total. The molecular formula is C26H26N2O6S. The molecule has 3 aromatic rings. The summed E-state index contributed by atoms with van der Waals surface area (Å²) in [6, 6.07) is 11.9. The maximum Gasteiger partial charge on any atom is 0.338 e. The van der Waals surface area contributed by atoms with E-state index in [2.05, 4.69) is 4.99 Å². The Kier molecular flexibility index (Phi) is 7.07. The number of allylic oxidation sites excluding steroid dienone is 1. The van der Waals surface area contributed by atoms with E-state index in [9.17, 15) is 9.59 Å². The van der Waals surface area contributed by atoms with Crippen molar-refractivity contribution in [3.05, 3.63) is 84.5 Å². The number of rotatable bonds is 7. The molecule has 4 rings (SSSR count). The lowest BCUT2D eigenvalue weighted by atomic mass is 9.96. The van der Waals surface area contributed by atoms with Gasteiger partial charge in [-0.1, -0.05) is 23.5 Å². The molecule has 0 saturated carbocycles. The minimum absolute atomic E-state index is 0.213. The van der Waals surface area contributed by atoms with Crippen molar-refractivity contribution < 1.29 is 23.7 Å². The van der Waals surface area contributed by atoms with E-state index in [4.69, 9.17) is 18.9 Å². The lowest BCUT2D eigenvalue weighted by Gasteiger charge is -2.24. The van der Waals surface area contributed by atoms with E-state index < -0.39 is 12.0 Å².